The molecular formula is C24H24ClFN2O4. The van der Waals surface area contributed by atoms with Gasteiger partial charge in [-0.3, -0.25) is 4.79 Å². The predicted molar refractivity (Wildman–Crippen MR) is 122 cm³/mol. The average Bonchev–Trinajstić information content (AvgIpc) is 2.81. The summed E-state index contributed by atoms with van der Waals surface area (Å²) in [6, 6.07) is 18.7. The minimum Gasteiger partial charge on any atom is -0.493 e. The fourth-order valence-corrected chi connectivity index (χ4v) is 3.18. The van der Waals surface area contributed by atoms with Gasteiger partial charge in [0.25, 0.3) is 5.91 Å². The molecule has 168 valence electrons. The fourth-order valence-electron chi connectivity index (χ4n) is 3.00. The first-order valence-corrected chi connectivity index (χ1v) is 10.3. The molecule has 3 aromatic rings. The summed E-state index contributed by atoms with van der Waals surface area (Å²) in [5.41, 5.74) is 2.15. The molecule has 0 radical (unpaired) electrons. The predicted octanol–water partition coefficient (Wildman–Crippen LogP) is 4.33. The lowest BCUT2D eigenvalue weighted by Gasteiger charge is -2.14. The smallest absolute Gasteiger partial charge is 0.262 e. The van der Waals surface area contributed by atoms with Gasteiger partial charge in [-0.2, -0.15) is 0 Å². The van der Waals surface area contributed by atoms with Gasteiger partial charge in [0.05, 0.1) is 18.2 Å². The van der Waals surface area contributed by atoms with E-state index in [2.05, 4.69) is 10.6 Å². The second-order valence-corrected chi connectivity index (χ2v) is 7.42. The van der Waals surface area contributed by atoms with Crippen LogP contribution in [0.2, 0.25) is 5.02 Å². The zero-order valence-corrected chi connectivity index (χ0v) is 18.2. The first kappa shape index (κ1) is 23.5. The molecule has 0 aliphatic heterocycles. The molecule has 3 N–H and O–H groups in total. The van der Waals surface area contributed by atoms with Gasteiger partial charge in [-0.25, -0.2) is 4.39 Å². The molecule has 0 spiro atoms. The number of nitrogens with one attached hydrogen (secondary N) is 2. The van der Waals surface area contributed by atoms with E-state index in [0.717, 1.165) is 11.1 Å². The Morgan fingerprint density at radius 3 is 2.59 bits per heavy atom. The molecule has 8 heteroatoms. The van der Waals surface area contributed by atoms with Crippen LogP contribution in [0, 0.1) is 5.82 Å². The SMILES string of the molecule is COc1cc(CNCC(O)c2ccccc2)ccc1OCC(=O)Nc1ccc(F)c(Cl)c1. The third-order valence-corrected chi connectivity index (χ3v) is 4.93. The van der Waals surface area contributed by atoms with Gasteiger partial charge in [0, 0.05) is 18.8 Å². The fraction of sp³-hybridized carbons (Fsp3) is 0.208. The zero-order valence-electron chi connectivity index (χ0n) is 17.5. The number of hydrogen-bond acceptors (Lipinski definition) is 5. The van der Waals surface area contributed by atoms with Gasteiger partial charge in [-0.1, -0.05) is 48.0 Å². The van der Waals surface area contributed by atoms with Crippen molar-refractivity contribution in [2.45, 2.75) is 12.6 Å². The van der Waals surface area contributed by atoms with Crippen LogP contribution in [0.5, 0.6) is 11.5 Å². The molecule has 0 saturated carbocycles. The minimum absolute atomic E-state index is 0.0779. The van der Waals surface area contributed by atoms with E-state index in [-0.39, 0.29) is 11.6 Å². The lowest BCUT2D eigenvalue weighted by Crippen LogP contribution is -2.21. The summed E-state index contributed by atoms with van der Waals surface area (Å²) in [7, 11) is 1.51. The lowest BCUT2D eigenvalue weighted by atomic mass is 10.1. The Labute approximate surface area is 190 Å². The zero-order chi connectivity index (χ0) is 22.9. The van der Waals surface area contributed by atoms with Crippen LogP contribution >= 0.6 is 11.6 Å². The van der Waals surface area contributed by atoms with Crippen molar-refractivity contribution in [3.05, 3.63) is 88.7 Å². The Morgan fingerprint density at radius 1 is 1.09 bits per heavy atom. The number of methoxy groups -OCH3 is 1. The summed E-state index contributed by atoms with van der Waals surface area (Å²) in [5.74, 6) is -0.0939. The van der Waals surface area contributed by atoms with E-state index < -0.39 is 17.8 Å². The summed E-state index contributed by atoms with van der Waals surface area (Å²) in [4.78, 5) is 12.1. The normalized spacial score (nSPS) is 11.6. The number of hydrogen-bond donors (Lipinski definition) is 3. The molecule has 0 aliphatic carbocycles. The quantitative estimate of drug-likeness (QED) is 0.421. The maximum atomic E-state index is 13.2. The number of benzene rings is 3. The number of ether oxygens (including phenoxy) is 2. The van der Waals surface area contributed by atoms with Gasteiger partial charge >= 0.3 is 0 Å². The van der Waals surface area contributed by atoms with E-state index in [9.17, 15) is 14.3 Å². The summed E-state index contributed by atoms with van der Waals surface area (Å²) >= 11 is 5.72. The molecule has 0 saturated heterocycles. The number of anilines is 1. The first-order chi connectivity index (χ1) is 15.5. The van der Waals surface area contributed by atoms with Crippen molar-refractivity contribution in [1.82, 2.24) is 5.32 Å². The highest BCUT2D eigenvalue weighted by atomic mass is 35.5. The monoisotopic (exact) mass is 458 g/mol. The van der Waals surface area contributed by atoms with Crippen molar-refractivity contribution in [2.75, 3.05) is 25.6 Å². The summed E-state index contributed by atoms with van der Waals surface area (Å²) in [6.07, 6.45) is -0.602. The highest BCUT2D eigenvalue weighted by molar-refractivity contribution is 6.31. The Balaban J connectivity index is 1.50. The lowest BCUT2D eigenvalue weighted by molar-refractivity contribution is -0.118. The molecule has 3 aromatic carbocycles. The molecule has 6 nitrogen and oxygen atoms in total. The Bertz CT molecular complexity index is 1050. The van der Waals surface area contributed by atoms with E-state index in [1.54, 1.807) is 12.1 Å². The summed E-state index contributed by atoms with van der Waals surface area (Å²) in [5, 5.41) is 16.0. The molecule has 1 amide bonds. The third kappa shape index (κ3) is 6.68. The molecule has 0 aliphatic rings. The third-order valence-electron chi connectivity index (χ3n) is 4.64. The molecule has 32 heavy (non-hydrogen) atoms. The minimum atomic E-state index is -0.602. The van der Waals surface area contributed by atoms with Crippen molar-refractivity contribution in [1.29, 1.82) is 0 Å². The molecule has 0 fully saturated rings. The second kappa shape index (κ2) is 11.5. The topological polar surface area (TPSA) is 79.8 Å². The van der Waals surface area contributed by atoms with Crippen molar-refractivity contribution < 1.29 is 23.8 Å². The number of halogens is 2. The number of amides is 1. The van der Waals surface area contributed by atoms with Crippen molar-refractivity contribution in [2.24, 2.45) is 0 Å². The van der Waals surface area contributed by atoms with Gasteiger partial charge in [0.15, 0.2) is 18.1 Å². The van der Waals surface area contributed by atoms with Gasteiger partial charge in [0.1, 0.15) is 5.82 Å². The van der Waals surface area contributed by atoms with Gasteiger partial charge in [0.2, 0.25) is 0 Å². The number of carbonyl (C=O) groups excluding carboxylic acids is 1. The molecule has 0 aromatic heterocycles. The van der Waals surface area contributed by atoms with Crippen LogP contribution in [0.4, 0.5) is 10.1 Å². The van der Waals surface area contributed by atoms with E-state index in [0.29, 0.717) is 30.3 Å². The largest absolute Gasteiger partial charge is 0.493 e. The summed E-state index contributed by atoms with van der Waals surface area (Å²) in [6.45, 7) is 0.663. The molecule has 0 bridgehead atoms. The Kier molecular flexibility index (Phi) is 8.44. The van der Waals surface area contributed by atoms with E-state index in [1.807, 2.05) is 36.4 Å². The molecule has 1 atom stereocenters. The van der Waals surface area contributed by atoms with E-state index in [1.165, 1.54) is 25.3 Å². The van der Waals surface area contributed by atoms with Crippen LogP contribution in [0.3, 0.4) is 0 Å². The van der Waals surface area contributed by atoms with E-state index >= 15 is 0 Å². The highest BCUT2D eigenvalue weighted by Gasteiger charge is 2.11. The Morgan fingerprint density at radius 2 is 1.88 bits per heavy atom. The van der Waals surface area contributed by atoms with Gasteiger partial charge in [-0.05, 0) is 41.5 Å². The van der Waals surface area contributed by atoms with Crippen LogP contribution in [0.25, 0.3) is 0 Å². The van der Waals surface area contributed by atoms with Crippen molar-refractivity contribution >= 4 is 23.2 Å². The maximum Gasteiger partial charge on any atom is 0.262 e. The maximum absolute atomic E-state index is 13.2. The molecule has 1 unspecified atom stereocenters. The first-order valence-electron chi connectivity index (χ1n) is 9.94. The van der Waals surface area contributed by atoms with Gasteiger partial charge < -0.3 is 25.2 Å². The van der Waals surface area contributed by atoms with Crippen LogP contribution in [0.1, 0.15) is 17.2 Å². The average molecular weight is 459 g/mol. The van der Waals surface area contributed by atoms with Gasteiger partial charge in [-0.15, -0.1) is 0 Å². The number of aliphatic hydroxyl groups is 1. The molecular weight excluding hydrogens is 435 g/mol. The van der Waals surface area contributed by atoms with Crippen molar-refractivity contribution in [3.63, 3.8) is 0 Å². The second-order valence-electron chi connectivity index (χ2n) is 7.01. The standard InChI is InChI=1S/C24H24ClFN2O4/c1-31-23-11-16(13-27-14-21(29)17-5-3-2-4-6-17)7-10-22(23)32-15-24(30)28-18-8-9-20(26)19(25)12-18/h2-12,21,27,29H,13-15H2,1H3,(H,28,30). The van der Waals surface area contributed by atoms with Crippen LogP contribution in [0.15, 0.2) is 66.7 Å². The molecule has 3 rings (SSSR count). The van der Waals surface area contributed by atoms with Crippen LogP contribution in [-0.2, 0) is 11.3 Å². The summed E-state index contributed by atoms with van der Waals surface area (Å²) < 4.78 is 24.2. The van der Waals surface area contributed by atoms with Crippen LogP contribution < -0.4 is 20.1 Å². The number of carbonyl (C=O) groups is 1. The highest BCUT2D eigenvalue weighted by Crippen LogP contribution is 2.28. The Hall–Kier alpha value is -3.13. The number of rotatable bonds is 10. The van der Waals surface area contributed by atoms with E-state index in [4.69, 9.17) is 21.1 Å². The molecule has 0 heterocycles. The number of aliphatic hydroxyl groups excluding tert-OH is 1. The van der Waals surface area contributed by atoms with Crippen molar-refractivity contribution in [3.8, 4) is 11.5 Å². The van der Waals surface area contributed by atoms with Crippen LogP contribution in [-0.4, -0.2) is 31.3 Å².